The third kappa shape index (κ3) is 3.35. The van der Waals surface area contributed by atoms with Crippen LogP contribution in [0, 0.1) is 6.92 Å². The average Bonchev–Trinajstić information content (AvgIpc) is 2.75. The largest absolute Gasteiger partial charge is 0.271 e. The van der Waals surface area contributed by atoms with Crippen LogP contribution in [0.25, 0.3) is 0 Å². The van der Waals surface area contributed by atoms with Crippen LogP contribution >= 0.6 is 27.3 Å². The number of benzene rings is 1. The normalized spacial score (nSPS) is 12.6. The van der Waals surface area contributed by atoms with Crippen LogP contribution in [0.3, 0.4) is 0 Å². The van der Waals surface area contributed by atoms with Gasteiger partial charge in [0.25, 0.3) is 0 Å². The van der Waals surface area contributed by atoms with Crippen LogP contribution < -0.4 is 11.3 Å². The van der Waals surface area contributed by atoms with Crippen LogP contribution in [0.2, 0.25) is 0 Å². The van der Waals surface area contributed by atoms with Gasteiger partial charge in [-0.05, 0) is 31.0 Å². The van der Waals surface area contributed by atoms with Gasteiger partial charge in [0.2, 0.25) is 0 Å². The van der Waals surface area contributed by atoms with Crippen molar-refractivity contribution in [2.75, 3.05) is 0 Å². The first-order chi connectivity index (χ1) is 8.19. The van der Waals surface area contributed by atoms with Gasteiger partial charge in [-0.3, -0.25) is 11.3 Å². The summed E-state index contributed by atoms with van der Waals surface area (Å²) in [5.74, 6) is 5.60. The zero-order chi connectivity index (χ0) is 12.3. The molecule has 5 heteroatoms. The summed E-state index contributed by atoms with van der Waals surface area (Å²) in [6.45, 7) is 2.00. The number of aryl methyl sites for hydroxylation is 1. The molecule has 1 atom stereocenters. The topological polar surface area (TPSA) is 50.9 Å². The molecule has 0 saturated heterocycles. The molecule has 0 spiro atoms. The van der Waals surface area contributed by atoms with Crippen LogP contribution in [-0.2, 0) is 6.42 Å². The number of hydrogen-bond donors (Lipinski definition) is 2. The smallest absolute Gasteiger partial charge is 0.0898 e. The lowest BCUT2D eigenvalue weighted by Gasteiger charge is -2.13. The lowest BCUT2D eigenvalue weighted by Crippen LogP contribution is -2.29. The van der Waals surface area contributed by atoms with Gasteiger partial charge in [0, 0.05) is 9.85 Å². The highest BCUT2D eigenvalue weighted by Gasteiger charge is 2.13. The molecule has 0 amide bonds. The van der Waals surface area contributed by atoms with Crippen molar-refractivity contribution in [2.24, 2.45) is 5.84 Å². The van der Waals surface area contributed by atoms with Crippen LogP contribution in [0.1, 0.15) is 22.3 Å². The fourth-order valence-electron chi connectivity index (χ4n) is 1.65. The highest BCUT2D eigenvalue weighted by molar-refractivity contribution is 9.10. The standard InChI is InChI=1S/C12H14BrN3S/c1-8-15-12(7-17-8)11(16-14)6-9-2-4-10(13)5-3-9/h2-5,7,11,16H,6,14H2,1H3. The van der Waals surface area contributed by atoms with Crippen LogP contribution in [0.4, 0.5) is 0 Å². The first-order valence-electron chi connectivity index (χ1n) is 5.31. The molecule has 0 saturated carbocycles. The van der Waals surface area contributed by atoms with Gasteiger partial charge in [-0.1, -0.05) is 28.1 Å². The molecule has 1 unspecified atom stereocenters. The summed E-state index contributed by atoms with van der Waals surface area (Å²) in [5.41, 5.74) is 5.08. The molecule has 2 aromatic rings. The number of nitrogens with two attached hydrogens (primary N) is 1. The maximum atomic E-state index is 5.60. The van der Waals surface area contributed by atoms with E-state index in [2.05, 4.69) is 43.9 Å². The van der Waals surface area contributed by atoms with Gasteiger partial charge in [-0.2, -0.15) is 0 Å². The quantitative estimate of drug-likeness (QED) is 0.674. The summed E-state index contributed by atoms with van der Waals surface area (Å²) in [6.07, 6.45) is 0.840. The minimum atomic E-state index is 0.0705. The molecule has 0 radical (unpaired) electrons. The molecule has 1 heterocycles. The van der Waals surface area contributed by atoms with Gasteiger partial charge in [-0.15, -0.1) is 11.3 Å². The summed E-state index contributed by atoms with van der Waals surface area (Å²) in [6, 6.07) is 8.33. The van der Waals surface area contributed by atoms with Gasteiger partial charge in [0.15, 0.2) is 0 Å². The molecule has 0 aliphatic rings. The Kier molecular flexibility index (Phi) is 4.28. The Hall–Kier alpha value is -0.750. The predicted octanol–water partition coefficient (Wildman–Crippen LogP) is 2.96. The molecule has 0 aliphatic carbocycles. The first-order valence-corrected chi connectivity index (χ1v) is 6.99. The van der Waals surface area contributed by atoms with Crippen molar-refractivity contribution in [1.29, 1.82) is 0 Å². The molecule has 3 nitrogen and oxygen atoms in total. The molecule has 0 fully saturated rings. The highest BCUT2D eigenvalue weighted by Crippen LogP contribution is 2.20. The molecule has 17 heavy (non-hydrogen) atoms. The van der Waals surface area contributed by atoms with Gasteiger partial charge < -0.3 is 0 Å². The van der Waals surface area contributed by atoms with E-state index < -0.39 is 0 Å². The Morgan fingerprint density at radius 1 is 1.41 bits per heavy atom. The van der Waals surface area contributed by atoms with Gasteiger partial charge in [-0.25, -0.2) is 4.98 Å². The Morgan fingerprint density at radius 2 is 2.12 bits per heavy atom. The number of nitrogens with zero attached hydrogens (tertiary/aromatic N) is 1. The SMILES string of the molecule is Cc1nc(C(Cc2ccc(Br)cc2)NN)cs1. The second-order valence-electron chi connectivity index (χ2n) is 3.84. The Bertz CT molecular complexity index is 481. The van der Waals surface area contributed by atoms with Crippen molar-refractivity contribution in [2.45, 2.75) is 19.4 Å². The molecular formula is C12H14BrN3S. The van der Waals surface area contributed by atoms with Crippen molar-refractivity contribution < 1.29 is 0 Å². The molecule has 1 aromatic carbocycles. The lowest BCUT2D eigenvalue weighted by atomic mass is 10.0. The van der Waals surface area contributed by atoms with E-state index in [0.29, 0.717) is 0 Å². The van der Waals surface area contributed by atoms with Gasteiger partial charge in [0.1, 0.15) is 0 Å². The maximum Gasteiger partial charge on any atom is 0.0898 e. The Balaban J connectivity index is 2.12. The summed E-state index contributed by atoms with van der Waals surface area (Å²) in [4.78, 5) is 4.46. The van der Waals surface area contributed by atoms with Crippen molar-refractivity contribution in [3.8, 4) is 0 Å². The van der Waals surface area contributed by atoms with Crippen LogP contribution in [0.15, 0.2) is 34.1 Å². The number of thiazole rings is 1. The number of hydrogen-bond acceptors (Lipinski definition) is 4. The number of hydrazine groups is 1. The third-order valence-electron chi connectivity index (χ3n) is 2.55. The molecule has 0 aliphatic heterocycles. The fraction of sp³-hybridized carbons (Fsp3) is 0.250. The van der Waals surface area contributed by atoms with Crippen molar-refractivity contribution in [3.05, 3.63) is 50.4 Å². The monoisotopic (exact) mass is 311 g/mol. The van der Waals surface area contributed by atoms with E-state index in [1.807, 2.05) is 19.1 Å². The summed E-state index contributed by atoms with van der Waals surface area (Å²) < 4.78 is 1.09. The number of rotatable bonds is 4. The van der Waals surface area contributed by atoms with E-state index in [9.17, 15) is 0 Å². The van der Waals surface area contributed by atoms with Crippen molar-refractivity contribution in [1.82, 2.24) is 10.4 Å². The predicted molar refractivity (Wildman–Crippen MR) is 74.8 cm³/mol. The van der Waals surface area contributed by atoms with Crippen LogP contribution in [0.5, 0.6) is 0 Å². The number of aromatic nitrogens is 1. The van der Waals surface area contributed by atoms with Crippen molar-refractivity contribution >= 4 is 27.3 Å². The van der Waals surface area contributed by atoms with E-state index in [4.69, 9.17) is 5.84 Å². The lowest BCUT2D eigenvalue weighted by molar-refractivity contribution is 0.540. The fourth-order valence-corrected chi connectivity index (χ4v) is 2.58. The Labute approximate surface area is 113 Å². The average molecular weight is 312 g/mol. The summed E-state index contributed by atoms with van der Waals surface area (Å²) in [5, 5.41) is 3.12. The second kappa shape index (κ2) is 5.73. The van der Waals surface area contributed by atoms with E-state index in [0.717, 1.165) is 21.6 Å². The minimum absolute atomic E-state index is 0.0705. The highest BCUT2D eigenvalue weighted by atomic mass is 79.9. The van der Waals surface area contributed by atoms with E-state index in [1.165, 1.54) is 5.56 Å². The van der Waals surface area contributed by atoms with Crippen LogP contribution in [-0.4, -0.2) is 4.98 Å². The molecular weight excluding hydrogens is 298 g/mol. The summed E-state index contributed by atoms with van der Waals surface area (Å²) >= 11 is 5.07. The van der Waals surface area contributed by atoms with Gasteiger partial charge in [0.05, 0.1) is 16.7 Å². The molecule has 3 N–H and O–H groups in total. The zero-order valence-corrected chi connectivity index (χ0v) is 11.9. The molecule has 2 rings (SSSR count). The first kappa shape index (κ1) is 12.7. The van der Waals surface area contributed by atoms with Gasteiger partial charge >= 0.3 is 0 Å². The maximum absolute atomic E-state index is 5.60. The van der Waals surface area contributed by atoms with Crippen molar-refractivity contribution in [3.63, 3.8) is 0 Å². The second-order valence-corrected chi connectivity index (χ2v) is 5.82. The third-order valence-corrected chi connectivity index (χ3v) is 3.87. The molecule has 0 bridgehead atoms. The zero-order valence-electron chi connectivity index (χ0n) is 9.48. The Morgan fingerprint density at radius 3 is 2.65 bits per heavy atom. The molecule has 1 aromatic heterocycles. The summed E-state index contributed by atoms with van der Waals surface area (Å²) in [7, 11) is 0. The number of nitrogens with one attached hydrogen (secondary N) is 1. The van der Waals surface area contributed by atoms with E-state index in [1.54, 1.807) is 11.3 Å². The van der Waals surface area contributed by atoms with E-state index in [-0.39, 0.29) is 6.04 Å². The molecule has 90 valence electrons. The number of halogens is 1. The minimum Gasteiger partial charge on any atom is -0.271 e. The van der Waals surface area contributed by atoms with E-state index >= 15 is 0 Å².